The van der Waals surface area contributed by atoms with Crippen molar-refractivity contribution in [3.05, 3.63) is 52.0 Å². The highest BCUT2D eigenvalue weighted by atomic mass is 32.1. The van der Waals surface area contributed by atoms with Crippen LogP contribution in [0.5, 0.6) is 0 Å². The van der Waals surface area contributed by atoms with Gasteiger partial charge in [0.15, 0.2) is 0 Å². The van der Waals surface area contributed by atoms with Crippen molar-refractivity contribution < 1.29 is 4.79 Å². The Kier molecular flexibility index (Phi) is 4.84. The normalized spacial score (nSPS) is 21.7. The van der Waals surface area contributed by atoms with Crippen LogP contribution in [-0.4, -0.2) is 47.9 Å². The molecule has 2 aliphatic rings. The molecular formula is C21H27N3OS. The van der Waals surface area contributed by atoms with Gasteiger partial charge in [0, 0.05) is 32.1 Å². The maximum atomic E-state index is 12.3. The van der Waals surface area contributed by atoms with Crippen LogP contribution in [-0.2, 0) is 16.8 Å². The highest BCUT2D eigenvalue weighted by Gasteiger charge is 2.45. The number of carbonyl (C=O) groups is 1. The van der Waals surface area contributed by atoms with E-state index in [0.717, 1.165) is 26.1 Å². The zero-order valence-corrected chi connectivity index (χ0v) is 16.5. The molecule has 1 amide bonds. The highest BCUT2D eigenvalue weighted by Crippen LogP contribution is 2.52. The number of carbonyl (C=O) groups excluding carboxylic acids is 1. The maximum Gasteiger partial charge on any atom is 0.222 e. The fourth-order valence-corrected chi connectivity index (χ4v) is 5.40. The van der Waals surface area contributed by atoms with E-state index in [4.69, 9.17) is 0 Å². The van der Waals surface area contributed by atoms with Crippen LogP contribution >= 0.6 is 11.3 Å². The van der Waals surface area contributed by atoms with E-state index < -0.39 is 0 Å². The van der Waals surface area contributed by atoms with E-state index in [9.17, 15) is 4.79 Å². The standard InChI is InChI=1S/C21H27N3OS/c1-23(2)20(25)13-16-14-21(18-6-4-3-5-17(16)18)7-10-24(11-8-21)15-19-22-9-12-26-19/h3-6,9,12,16H,7-8,10-11,13-15H2,1-2H3/t16-/m0/s1. The molecule has 1 fully saturated rings. The fourth-order valence-electron chi connectivity index (χ4n) is 4.74. The van der Waals surface area contributed by atoms with Gasteiger partial charge in [-0.1, -0.05) is 24.3 Å². The van der Waals surface area contributed by atoms with Crippen LogP contribution in [0.4, 0.5) is 0 Å². The molecule has 0 saturated carbocycles. The Bertz CT molecular complexity index is 763. The zero-order chi connectivity index (χ0) is 18.1. The molecule has 1 spiro atoms. The Hall–Kier alpha value is -1.72. The second-order valence-electron chi connectivity index (χ2n) is 7.96. The molecule has 138 valence electrons. The van der Waals surface area contributed by atoms with Crippen molar-refractivity contribution in [3.63, 3.8) is 0 Å². The van der Waals surface area contributed by atoms with E-state index in [1.54, 1.807) is 16.2 Å². The van der Waals surface area contributed by atoms with Gasteiger partial charge in [0.1, 0.15) is 5.01 Å². The first-order valence-electron chi connectivity index (χ1n) is 9.48. The zero-order valence-electron chi connectivity index (χ0n) is 15.6. The van der Waals surface area contributed by atoms with Crippen molar-refractivity contribution in [1.29, 1.82) is 0 Å². The van der Waals surface area contributed by atoms with Crippen molar-refractivity contribution in [2.45, 2.75) is 43.6 Å². The van der Waals surface area contributed by atoms with Crippen LogP contribution in [0.2, 0.25) is 0 Å². The van der Waals surface area contributed by atoms with Crippen molar-refractivity contribution in [2.75, 3.05) is 27.2 Å². The lowest BCUT2D eigenvalue weighted by molar-refractivity contribution is -0.129. The van der Waals surface area contributed by atoms with Crippen LogP contribution in [0.25, 0.3) is 0 Å². The van der Waals surface area contributed by atoms with Gasteiger partial charge in [0.05, 0.1) is 6.54 Å². The molecule has 2 aromatic rings. The number of hydrogen-bond acceptors (Lipinski definition) is 4. The molecular weight excluding hydrogens is 342 g/mol. The second kappa shape index (κ2) is 7.12. The maximum absolute atomic E-state index is 12.3. The lowest BCUT2D eigenvalue weighted by atomic mass is 9.73. The van der Waals surface area contributed by atoms with Gasteiger partial charge in [-0.05, 0) is 54.8 Å². The van der Waals surface area contributed by atoms with Crippen LogP contribution in [0, 0.1) is 0 Å². The fraction of sp³-hybridized carbons (Fsp3) is 0.524. The van der Waals surface area contributed by atoms with Crippen LogP contribution in [0.1, 0.15) is 47.7 Å². The molecule has 26 heavy (non-hydrogen) atoms. The molecule has 1 aliphatic heterocycles. The van der Waals surface area contributed by atoms with Crippen LogP contribution in [0.3, 0.4) is 0 Å². The predicted octanol–water partition coefficient (Wildman–Crippen LogP) is 3.64. The number of rotatable bonds is 4. The van der Waals surface area contributed by atoms with Gasteiger partial charge in [-0.3, -0.25) is 9.69 Å². The minimum absolute atomic E-state index is 0.239. The first kappa shape index (κ1) is 17.7. The molecule has 0 radical (unpaired) electrons. The average molecular weight is 370 g/mol. The molecule has 1 saturated heterocycles. The Morgan fingerprint density at radius 2 is 2.08 bits per heavy atom. The molecule has 2 heterocycles. The summed E-state index contributed by atoms with van der Waals surface area (Å²) < 4.78 is 0. The summed E-state index contributed by atoms with van der Waals surface area (Å²) in [5.74, 6) is 0.606. The summed E-state index contributed by atoms with van der Waals surface area (Å²) in [5, 5.41) is 3.27. The van der Waals surface area contributed by atoms with Gasteiger partial charge in [0.25, 0.3) is 0 Å². The topological polar surface area (TPSA) is 36.4 Å². The molecule has 0 unspecified atom stereocenters. The Morgan fingerprint density at radius 3 is 2.77 bits per heavy atom. The summed E-state index contributed by atoms with van der Waals surface area (Å²) in [5.41, 5.74) is 3.18. The first-order chi connectivity index (χ1) is 12.6. The lowest BCUT2D eigenvalue weighted by Crippen LogP contribution is -2.41. The van der Waals surface area contributed by atoms with Crippen molar-refractivity contribution in [2.24, 2.45) is 0 Å². The van der Waals surface area contributed by atoms with E-state index in [-0.39, 0.29) is 11.3 Å². The quantitative estimate of drug-likeness (QED) is 0.825. The van der Waals surface area contributed by atoms with Crippen LogP contribution in [0.15, 0.2) is 35.8 Å². The largest absolute Gasteiger partial charge is 0.349 e. The van der Waals surface area contributed by atoms with Crippen molar-refractivity contribution in [3.8, 4) is 0 Å². The minimum Gasteiger partial charge on any atom is -0.349 e. The third-order valence-corrected chi connectivity index (χ3v) is 6.95. The van der Waals surface area contributed by atoms with Crippen molar-refractivity contribution >= 4 is 17.2 Å². The number of piperidine rings is 1. The minimum atomic E-state index is 0.239. The van der Waals surface area contributed by atoms with E-state index in [1.165, 1.54) is 29.0 Å². The highest BCUT2D eigenvalue weighted by molar-refractivity contribution is 7.09. The summed E-state index contributed by atoms with van der Waals surface area (Å²) in [6.45, 7) is 3.20. The second-order valence-corrected chi connectivity index (χ2v) is 8.94. The van der Waals surface area contributed by atoms with Gasteiger partial charge in [-0.2, -0.15) is 0 Å². The molecule has 4 nitrogen and oxygen atoms in total. The van der Waals surface area contributed by atoms with Gasteiger partial charge in [0.2, 0.25) is 5.91 Å². The molecule has 0 N–H and O–H groups in total. The molecule has 5 heteroatoms. The molecule has 4 rings (SSSR count). The van der Waals surface area contributed by atoms with E-state index in [2.05, 4.69) is 39.5 Å². The van der Waals surface area contributed by atoms with E-state index in [1.807, 2.05) is 20.3 Å². The number of hydrogen-bond donors (Lipinski definition) is 0. The molecule has 1 atom stereocenters. The SMILES string of the molecule is CN(C)C(=O)C[C@H]1CC2(CCN(Cc3nccs3)CC2)c2ccccc21. The number of aromatic nitrogens is 1. The monoisotopic (exact) mass is 369 g/mol. The van der Waals surface area contributed by atoms with Crippen LogP contribution < -0.4 is 0 Å². The average Bonchev–Trinajstić information content (AvgIpc) is 3.25. The van der Waals surface area contributed by atoms with Gasteiger partial charge < -0.3 is 4.90 Å². The summed E-state index contributed by atoms with van der Waals surface area (Å²) in [6.07, 6.45) is 6.01. The molecule has 0 bridgehead atoms. The summed E-state index contributed by atoms with van der Waals surface area (Å²) in [4.78, 5) is 21.0. The number of amides is 1. The van der Waals surface area contributed by atoms with Gasteiger partial charge in [-0.15, -0.1) is 11.3 Å². The predicted molar refractivity (Wildman–Crippen MR) is 105 cm³/mol. The van der Waals surface area contributed by atoms with Gasteiger partial charge >= 0.3 is 0 Å². The first-order valence-corrected chi connectivity index (χ1v) is 10.4. The molecule has 1 aromatic heterocycles. The number of fused-ring (bicyclic) bond motifs is 2. The van der Waals surface area contributed by atoms with Crippen molar-refractivity contribution in [1.82, 2.24) is 14.8 Å². The summed E-state index contributed by atoms with van der Waals surface area (Å²) in [7, 11) is 3.71. The lowest BCUT2D eigenvalue weighted by Gasteiger charge is -2.40. The number of benzene rings is 1. The van der Waals surface area contributed by atoms with E-state index >= 15 is 0 Å². The summed E-state index contributed by atoms with van der Waals surface area (Å²) in [6, 6.07) is 8.85. The number of nitrogens with zero attached hydrogens (tertiary/aromatic N) is 3. The van der Waals surface area contributed by atoms with Gasteiger partial charge in [-0.25, -0.2) is 4.98 Å². The Balaban J connectivity index is 1.49. The van der Waals surface area contributed by atoms with E-state index in [0.29, 0.717) is 12.3 Å². The molecule has 1 aromatic carbocycles. The third-order valence-electron chi connectivity index (χ3n) is 6.18. The smallest absolute Gasteiger partial charge is 0.222 e. The Morgan fingerprint density at radius 1 is 1.31 bits per heavy atom. The Labute approximate surface area is 159 Å². The number of likely N-dealkylation sites (tertiary alicyclic amines) is 1. The summed E-state index contributed by atoms with van der Waals surface area (Å²) >= 11 is 1.74. The number of thiazole rings is 1. The molecule has 1 aliphatic carbocycles. The third kappa shape index (κ3) is 3.30.